The number of carbonyl (C=O) groups is 1. The lowest BCUT2D eigenvalue weighted by Gasteiger charge is -2.22. The van der Waals surface area contributed by atoms with Crippen LogP contribution in [-0.4, -0.2) is 29.7 Å². The first-order valence-corrected chi connectivity index (χ1v) is 7.06. The fraction of sp³-hybridized carbons (Fsp3) is 0.533. The van der Waals surface area contributed by atoms with E-state index in [1.807, 2.05) is 0 Å². The summed E-state index contributed by atoms with van der Waals surface area (Å²) in [5, 5.41) is 13.8. The second-order valence-electron chi connectivity index (χ2n) is 6.08. The minimum Gasteiger partial charge on any atom is -0.444 e. The third kappa shape index (κ3) is 5.00. The van der Waals surface area contributed by atoms with Crippen LogP contribution in [-0.2, 0) is 4.74 Å². The SMILES string of the molecule is Cc1cccc([N+](=O)[O-])c1C(CN)CNC(=O)OC(C)(C)C. The Balaban J connectivity index is 2.90. The maximum absolute atomic E-state index is 11.7. The minimum absolute atomic E-state index is 0.0152. The van der Waals surface area contributed by atoms with E-state index in [0.29, 0.717) is 5.56 Å². The van der Waals surface area contributed by atoms with Crippen molar-refractivity contribution in [1.82, 2.24) is 5.32 Å². The average molecular weight is 309 g/mol. The molecule has 0 bridgehead atoms. The molecule has 22 heavy (non-hydrogen) atoms. The largest absolute Gasteiger partial charge is 0.444 e. The van der Waals surface area contributed by atoms with E-state index >= 15 is 0 Å². The van der Waals surface area contributed by atoms with Crippen molar-refractivity contribution in [3.63, 3.8) is 0 Å². The van der Waals surface area contributed by atoms with Crippen molar-refractivity contribution in [2.75, 3.05) is 13.1 Å². The number of ether oxygens (including phenoxy) is 1. The smallest absolute Gasteiger partial charge is 0.407 e. The Labute approximate surface area is 130 Å². The number of rotatable bonds is 5. The zero-order valence-corrected chi connectivity index (χ0v) is 13.4. The highest BCUT2D eigenvalue weighted by Crippen LogP contribution is 2.29. The standard InChI is InChI=1S/C15H23N3O4/c1-10-6-5-7-12(18(20)21)13(10)11(8-16)9-17-14(19)22-15(2,3)4/h5-7,11H,8-9,16H2,1-4H3,(H,17,19). The highest BCUT2D eigenvalue weighted by Gasteiger charge is 2.24. The quantitative estimate of drug-likeness (QED) is 0.641. The van der Waals surface area contributed by atoms with Gasteiger partial charge >= 0.3 is 6.09 Å². The van der Waals surface area contributed by atoms with E-state index < -0.39 is 16.6 Å². The number of aryl methyl sites for hydroxylation is 1. The summed E-state index contributed by atoms with van der Waals surface area (Å²) in [6.45, 7) is 7.44. The van der Waals surface area contributed by atoms with Crippen molar-refractivity contribution < 1.29 is 14.5 Å². The Hall–Kier alpha value is -2.15. The van der Waals surface area contributed by atoms with E-state index in [-0.39, 0.29) is 24.7 Å². The number of hydrogen-bond acceptors (Lipinski definition) is 5. The van der Waals surface area contributed by atoms with Gasteiger partial charge in [-0.1, -0.05) is 12.1 Å². The molecule has 0 saturated heterocycles. The van der Waals surface area contributed by atoms with Crippen LogP contribution < -0.4 is 11.1 Å². The molecule has 1 amide bonds. The number of nitro benzene ring substituents is 1. The molecule has 0 radical (unpaired) electrons. The van der Waals surface area contributed by atoms with Crippen molar-refractivity contribution in [2.45, 2.75) is 39.2 Å². The van der Waals surface area contributed by atoms with Crippen molar-refractivity contribution in [2.24, 2.45) is 5.73 Å². The van der Waals surface area contributed by atoms with Crippen LogP contribution in [0.5, 0.6) is 0 Å². The number of nitrogens with two attached hydrogens (primary N) is 1. The molecule has 0 fully saturated rings. The summed E-state index contributed by atoms with van der Waals surface area (Å²) in [6.07, 6.45) is -0.567. The number of amides is 1. The summed E-state index contributed by atoms with van der Waals surface area (Å²) < 4.78 is 5.15. The van der Waals surface area contributed by atoms with Crippen LogP contribution in [0, 0.1) is 17.0 Å². The highest BCUT2D eigenvalue weighted by atomic mass is 16.6. The third-order valence-corrected chi connectivity index (χ3v) is 3.08. The monoisotopic (exact) mass is 309 g/mol. The Kier molecular flexibility index (Phi) is 5.87. The molecule has 1 rings (SSSR count). The second-order valence-corrected chi connectivity index (χ2v) is 6.08. The van der Waals surface area contributed by atoms with Crippen LogP contribution in [0.25, 0.3) is 0 Å². The average Bonchev–Trinajstić information content (AvgIpc) is 2.38. The zero-order valence-electron chi connectivity index (χ0n) is 13.4. The minimum atomic E-state index is -0.600. The molecule has 7 nitrogen and oxygen atoms in total. The number of carbonyl (C=O) groups excluding carboxylic acids is 1. The van der Waals surface area contributed by atoms with Crippen LogP contribution in [0.2, 0.25) is 0 Å². The maximum Gasteiger partial charge on any atom is 0.407 e. The molecule has 0 spiro atoms. The van der Waals surface area contributed by atoms with Gasteiger partial charge < -0.3 is 15.8 Å². The summed E-state index contributed by atoms with van der Waals surface area (Å²) in [5.74, 6) is -0.353. The van der Waals surface area contributed by atoms with Gasteiger partial charge in [-0.3, -0.25) is 10.1 Å². The van der Waals surface area contributed by atoms with E-state index in [4.69, 9.17) is 10.5 Å². The van der Waals surface area contributed by atoms with Crippen molar-refractivity contribution in [3.05, 3.63) is 39.4 Å². The summed E-state index contributed by atoms with van der Waals surface area (Å²) in [5.41, 5.74) is 6.48. The first-order valence-electron chi connectivity index (χ1n) is 7.06. The number of nitrogens with one attached hydrogen (secondary N) is 1. The van der Waals surface area contributed by atoms with Gasteiger partial charge in [-0.05, 0) is 33.3 Å². The molecular weight excluding hydrogens is 286 g/mol. The highest BCUT2D eigenvalue weighted by molar-refractivity contribution is 5.67. The van der Waals surface area contributed by atoms with Gasteiger partial charge in [0.25, 0.3) is 5.69 Å². The fourth-order valence-corrected chi connectivity index (χ4v) is 2.18. The number of hydrogen-bond donors (Lipinski definition) is 2. The second kappa shape index (κ2) is 7.22. The van der Waals surface area contributed by atoms with Crippen molar-refractivity contribution in [3.8, 4) is 0 Å². The van der Waals surface area contributed by atoms with Crippen molar-refractivity contribution >= 4 is 11.8 Å². The molecule has 122 valence electrons. The molecule has 0 saturated carbocycles. The molecule has 0 aliphatic heterocycles. The molecular formula is C15H23N3O4. The molecule has 0 aromatic heterocycles. The lowest BCUT2D eigenvalue weighted by Crippen LogP contribution is -2.36. The van der Waals surface area contributed by atoms with Gasteiger partial charge in [-0.25, -0.2) is 4.79 Å². The summed E-state index contributed by atoms with van der Waals surface area (Å²) in [6, 6.07) is 4.86. The first-order chi connectivity index (χ1) is 10.2. The van der Waals surface area contributed by atoms with Gasteiger partial charge in [0.1, 0.15) is 5.60 Å². The Bertz CT molecular complexity index is 552. The summed E-state index contributed by atoms with van der Waals surface area (Å²) in [7, 11) is 0. The number of alkyl carbamates (subject to hydrolysis) is 1. The van der Waals surface area contributed by atoms with Gasteiger partial charge in [0.2, 0.25) is 0 Å². The predicted molar refractivity (Wildman–Crippen MR) is 83.9 cm³/mol. The fourth-order valence-electron chi connectivity index (χ4n) is 2.18. The van der Waals surface area contributed by atoms with Crippen LogP contribution in [0.4, 0.5) is 10.5 Å². The van der Waals surface area contributed by atoms with Crippen LogP contribution in [0.3, 0.4) is 0 Å². The molecule has 1 aromatic carbocycles. The topological polar surface area (TPSA) is 107 Å². The van der Waals surface area contributed by atoms with Gasteiger partial charge in [0.15, 0.2) is 0 Å². The lowest BCUT2D eigenvalue weighted by molar-refractivity contribution is -0.385. The summed E-state index contributed by atoms with van der Waals surface area (Å²) in [4.78, 5) is 22.4. The van der Waals surface area contributed by atoms with E-state index in [1.54, 1.807) is 39.8 Å². The van der Waals surface area contributed by atoms with Gasteiger partial charge in [0, 0.05) is 30.6 Å². The van der Waals surface area contributed by atoms with Crippen LogP contribution in [0.15, 0.2) is 18.2 Å². The molecule has 0 aliphatic carbocycles. The lowest BCUT2D eigenvalue weighted by atomic mass is 9.93. The third-order valence-electron chi connectivity index (χ3n) is 3.08. The van der Waals surface area contributed by atoms with E-state index in [1.165, 1.54) is 6.07 Å². The molecule has 1 aromatic rings. The molecule has 0 aliphatic rings. The Morgan fingerprint density at radius 2 is 2.09 bits per heavy atom. The number of nitrogens with zero attached hydrogens (tertiary/aromatic N) is 1. The molecule has 0 heterocycles. The Morgan fingerprint density at radius 1 is 1.45 bits per heavy atom. The van der Waals surface area contributed by atoms with Gasteiger partial charge in [-0.2, -0.15) is 0 Å². The predicted octanol–water partition coefficient (Wildman–Crippen LogP) is 2.47. The maximum atomic E-state index is 11.7. The zero-order chi connectivity index (χ0) is 16.9. The molecule has 7 heteroatoms. The van der Waals surface area contributed by atoms with E-state index in [9.17, 15) is 14.9 Å². The normalized spacial score (nSPS) is 12.6. The Morgan fingerprint density at radius 3 is 2.59 bits per heavy atom. The van der Waals surface area contributed by atoms with Crippen LogP contribution >= 0.6 is 0 Å². The van der Waals surface area contributed by atoms with E-state index in [0.717, 1.165) is 5.56 Å². The summed E-state index contributed by atoms with van der Waals surface area (Å²) >= 11 is 0. The first kappa shape index (κ1) is 17.9. The van der Waals surface area contributed by atoms with Gasteiger partial charge in [-0.15, -0.1) is 0 Å². The van der Waals surface area contributed by atoms with Gasteiger partial charge in [0.05, 0.1) is 4.92 Å². The van der Waals surface area contributed by atoms with E-state index in [2.05, 4.69) is 5.32 Å². The molecule has 3 N–H and O–H groups in total. The number of benzene rings is 1. The van der Waals surface area contributed by atoms with Crippen molar-refractivity contribution in [1.29, 1.82) is 0 Å². The number of nitro groups is 1. The molecule has 1 unspecified atom stereocenters. The molecule has 1 atom stereocenters. The van der Waals surface area contributed by atoms with Crippen LogP contribution in [0.1, 0.15) is 37.8 Å².